The highest BCUT2D eigenvalue weighted by molar-refractivity contribution is 5.55. The van der Waals surface area contributed by atoms with Gasteiger partial charge < -0.3 is 10.1 Å². The monoisotopic (exact) mass is 282 g/mol. The van der Waals surface area contributed by atoms with E-state index in [1.54, 1.807) is 7.11 Å². The number of para-hydroxylation sites is 1. The molecule has 5 heteroatoms. The molecule has 0 aliphatic heterocycles. The maximum absolute atomic E-state index is 9.24. The fourth-order valence-electron chi connectivity index (χ4n) is 2.09. The molecule has 0 unspecified atom stereocenters. The van der Waals surface area contributed by atoms with Gasteiger partial charge in [-0.2, -0.15) is 10.4 Å². The van der Waals surface area contributed by atoms with Gasteiger partial charge in [-0.15, -0.1) is 5.10 Å². The standard InChI is InChI=1S/C16H18N4O/c1-11-12(2)19-20-16(14(11)10-17)18-9-8-13-6-4-5-7-15(13)21-3/h4-7H,8-9H2,1-3H3,(H,18,20). The molecule has 0 saturated carbocycles. The van der Waals surface area contributed by atoms with Gasteiger partial charge in [0.15, 0.2) is 5.82 Å². The third kappa shape index (κ3) is 3.29. The Morgan fingerprint density at radius 1 is 1.24 bits per heavy atom. The molecule has 0 spiro atoms. The molecule has 0 aliphatic carbocycles. The van der Waals surface area contributed by atoms with Crippen molar-refractivity contribution < 1.29 is 4.74 Å². The highest BCUT2D eigenvalue weighted by atomic mass is 16.5. The molecule has 0 bridgehead atoms. The third-order valence-electron chi connectivity index (χ3n) is 3.45. The van der Waals surface area contributed by atoms with Gasteiger partial charge in [-0.3, -0.25) is 0 Å². The Morgan fingerprint density at radius 3 is 2.71 bits per heavy atom. The molecule has 1 aromatic carbocycles. The van der Waals surface area contributed by atoms with E-state index in [2.05, 4.69) is 21.6 Å². The minimum atomic E-state index is 0.537. The van der Waals surface area contributed by atoms with Crippen molar-refractivity contribution in [3.63, 3.8) is 0 Å². The lowest BCUT2D eigenvalue weighted by molar-refractivity contribution is 0.410. The number of nitrogens with zero attached hydrogens (tertiary/aromatic N) is 3. The van der Waals surface area contributed by atoms with Crippen LogP contribution in [0.3, 0.4) is 0 Å². The summed E-state index contributed by atoms with van der Waals surface area (Å²) >= 11 is 0. The Kier molecular flexibility index (Phi) is 4.72. The van der Waals surface area contributed by atoms with Crippen LogP contribution in [0.4, 0.5) is 5.82 Å². The Bertz CT molecular complexity index is 676. The third-order valence-corrected chi connectivity index (χ3v) is 3.45. The van der Waals surface area contributed by atoms with Crippen LogP contribution < -0.4 is 10.1 Å². The second-order valence-electron chi connectivity index (χ2n) is 4.73. The Labute approximate surface area is 124 Å². The van der Waals surface area contributed by atoms with Crippen LogP contribution in [-0.4, -0.2) is 23.9 Å². The molecule has 1 heterocycles. The zero-order chi connectivity index (χ0) is 15.2. The van der Waals surface area contributed by atoms with Gasteiger partial charge >= 0.3 is 0 Å². The normalized spacial score (nSPS) is 10.0. The summed E-state index contributed by atoms with van der Waals surface area (Å²) in [5.41, 5.74) is 3.32. The van der Waals surface area contributed by atoms with Crippen LogP contribution in [0.2, 0.25) is 0 Å². The first kappa shape index (κ1) is 14.8. The average Bonchev–Trinajstić information content (AvgIpc) is 2.51. The minimum absolute atomic E-state index is 0.537. The predicted molar refractivity (Wildman–Crippen MR) is 81.4 cm³/mol. The number of ether oxygens (including phenoxy) is 1. The van der Waals surface area contributed by atoms with Gasteiger partial charge in [-0.25, -0.2) is 0 Å². The SMILES string of the molecule is COc1ccccc1CCNc1nnc(C)c(C)c1C#N. The van der Waals surface area contributed by atoms with Gasteiger partial charge in [0.1, 0.15) is 17.4 Å². The summed E-state index contributed by atoms with van der Waals surface area (Å²) in [5.74, 6) is 1.40. The summed E-state index contributed by atoms with van der Waals surface area (Å²) in [6, 6.07) is 10.1. The molecule has 0 atom stereocenters. The highest BCUT2D eigenvalue weighted by Gasteiger charge is 2.10. The summed E-state index contributed by atoms with van der Waals surface area (Å²) in [4.78, 5) is 0. The lowest BCUT2D eigenvalue weighted by Crippen LogP contribution is -2.11. The first-order valence-electron chi connectivity index (χ1n) is 6.77. The van der Waals surface area contributed by atoms with E-state index in [0.29, 0.717) is 17.9 Å². The van der Waals surface area contributed by atoms with E-state index in [-0.39, 0.29) is 0 Å². The molecule has 0 saturated heterocycles. The van der Waals surface area contributed by atoms with Crippen molar-refractivity contribution in [2.24, 2.45) is 0 Å². The maximum atomic E-state index is 9.24. The topological polar surface area (TPSA) is 70.8 Å². The molecule has 0 fully saturated rings. The summed E-state index contributed by atoms with van der Waals surface area (Å²) in [5, 5.41) is 20.6. The Morgan fingerprint density at radius 2 is 2.00 bits per heavy atom. The number of hydrogen-bond donors (Lipinski definition) is 1. The van der Waals surface area contributed by atoms with Gasteiger partial charge in [0.05, 0.1) is 12.8 Å². The molecule has 1 aromatic heterocycles. The van der Waals surface area contributed by atoms with E-state index < -0.39 is 0 Å². The molecule has 0 aliphatic rings. The number of nitrogens with one attached hydrogen (secondary N) is 1. The van der Waals surface area contributed by atoms with Crippen LogP contribution >= 0.6 is 0 Å². The number of hydrogen-bond acceptors (Lipinski definition) is 5. The molecule has 2 rings (SSSR count). The number of rotatable bonds is 5. The van der Waals surface area contributed by atoms with E-state index in [9.17, 15) is 5.26 Å². The molecule has 2 aromatic rings. The first-order valence-corrected chi connectivity index (χ1v) is 6.77. The first-order chi connectivity index (χ1) is 10.2. The van der Waals surface area contributed by atoms with Crippen molar-refractivity contribution in [2.45, 2.75) is 20.3 Å². The van der Waals surface area contributed by atoms with E-state index in [4.69, 9.17) is 4.74 Å². The fraction of sp³-hybridized carbons (Fsp3) is 0.312. The lowest BCUT2D eigenvalue weighted by atomic mass is 10.1. The zero-order valence-electron chi connectivity index (χ0n) is 12.5. The molecule has 21 heavy (non-hydrogen) atoms. The van der Waals surface area contributed by atoms with Crippen molar-refractivity contribution >= 4 is 5.82 Å². The number of methoxy groups -OCH3 is 1. The molecule has 1 N–H and O–H groups in total. The molecule has 0 radical (unpaired) electrons. The van der Waals surface area contributed by atoms with Crippen molar-refractivity contribution in [3.8, 4) is 11.8 Å². The van der Waals surface area contributed by atoms with Crippen LogP contribution in [0.1, 0.15) is 22.4 Å². The molecular formula is C16H18N4O. The molecule has 5 nitrogen and oxygen atoms in total. The number of aromatic nitrogens is 2. The minimum Gasteiger partial charge on any atom is -0.496 e. The van der Waals surface area contributed by atoms with Gasteiger partial charge in [0.2, 0.25) is 0 Å². The van der Waals surface area contributed by atoms with Gasteiger partial charge in [-0.05, 0) is 37.5 Å². The summed E-state index contributed by atoms with van der Waals surface area (Å²) in [7, 11) is 1.66. The van der Waals surface area contributed by atoms with Crippen LogP contribution in [0.25, 0.3) is 0 Å². The van der Waals surface area contributed by atoms with Crippen molar-refractivity contribution in [1.82, 2.24) is 10.2 Å². The second-order valence-corrected chi connectivity index (χ2v) is 4.73. The summed E-state index contributed by atoms with van der Waals surface area (Å²) in [6.07, 6.45) is 0.781. The smallest absolute Gasteiger partial charge is 0.166 e. The number of nitriles is 1. The van der Waals surface area contributed by atoms with E-state index in [1.165, 1.54) is 0 Å². The van der Waals surface area contributed by atoms with E-state index in [1.807, 2.05) is 38.1 Å². The van der Waals surface area contributed by atoms with Crippen molar-refractivity contribution in [2.75, 3.05) is 19.0 Å². The number of benzene rings is 1. The predicted octanol–water partition coefficient (Wildman–Crippen LogP) is 2.63. The maximum Gasteiger partial charge on any atom is 0.166 e. The second kappa shape index (κ2) is 6.71. The van der Waals surface area contributed by atoms with Crippen LogP contribution in [0.5, 0.6) is 5.75 Å². The van der Waals surface area contributed by atoms with E-state index >= 15 is 0 Å². The van der Waals surface area contributed by atoms with E-state index in [0.717, 1.165) is 29.0 Å². The van der Waals surface area contributed by atoms with Crippen LogP contribution in [0, 0.1) is 25.2 Å². The number of anilines is 1. The van der Waals surface area contributed by atoms with Gasteiger partial charge in [0, 0.05) is 6.54 Å². The van der Waals surface area contributed by atoms with Gasteiger partial charge in [0.25, 0.3) is 0 Å². The largest absolute Gasteiger partial charge is 0.496 e. The molecule has 0 amide bonds. The van der Waals surface area contributed by atoms with Crippen molar-refractivity contribution in [3.05, 3.63) is 46.6 Å². The zero-order valence-corrected chi connectivity index (χ0v) is 12.5. The Hall–Kier alpha value is -2.61. The molecule has 108 valence electrons. The number of aryl methyl sites for hydroxylation is 1. The van der Waals surface area contributed by atoms with Crippen molar-refractivity contribution in [1.29, 1.82) is 5.26 Å². The highest BCUT2D eigenvalue weighted by Crippen LogP contribution is 2.19. The Balaban J connectivity index is 2.08. The lowest BCUT2D eigenvalue weighted by Gasteiger charge is -2.11. The summed E-state index contributed by atoms with van der Waals surface area (Å²) in [6.45, 7) is 4.39. The van der Waals surface area contributed by atoms with Crippen LogP contribution in [-0.2, 0) is 6.42 Å². The average molecular weight is 282 g/mol. The molecular weight excluding hydrogens is 264 g/mol. The quantitative estimate of drug-likeness (QED) is 0.912. The van der Waals surface area contributed by atoms with Gasteiger partial charge in [-0.1, -0.05) is 18.2 Å². The fourth-order valence-corrected chi connectivity index (χ4v) is 2.09. The van der Waals surface area contributed by atoms with Crippen LogP contribution in [0.15, 0.2) is 24.3 Å². The summed E-state index contributed by atoms with van der Waals surface area (Å²) < 4.78 is 5.32.